The minimum atomic E-state index is -4.22. The topological polar surface area (TPSA) is 117 Å². The minimum Gasteiger partial charge on any atom is -0.369 e. The van der Waals surface area contributed by atoms with Crippen molar-refractivity contribution in [2.45, 2.75) is 40.9 Å². The fraction of sp³-hybridized carbons (Fsp3) is 0.368. The summed E-state index contributed by atoms with van der Waals surface area (Å²) >= 11 is 3.46. The van der Waals surface area contributed by atoms with Gasteiger partial charge in [0, 0.05) is 6.07 Å². The summed E-state index contributed by atoms with van der Waals surface area (Å²) in [6.45, 7) is 0.509. The molecule has 2 aliphatic rings. The number of nitrogens with zero attached hydrogens (tertiary/aromatic N) is 1. The number of nitro benzene ring substituents is 1. The highest BCUT2D eigenvalue weighted by Crippen LogP contribution is 2.35. The van der Waals surface area contributed by atoms with Crippen LogP contribution in [-0.4, -0.2) is 49.3 Å². The van der Waals surface area contributed by atoms with Crippen molar-refractivity contribution in [3.8, 4) is 0 Å². The molecule has 2 aromatic rings. The highest BCUT2D eigenvalue weighted by atomic mass is 79.9. The number of ether oxygens (including phenoxy) is 3. The molecule has 5 atom stereocenters. The van der Waals surface area contributed by atoms with Crippen LogP contribution >= 0.6 is 15.9 Å². The van der Waals surface area contributed by atoms with E-state index in [0.29, 0.717) is 0 Å². The maximum atomic E-state index is 13.1. The zero-order chi connectivity index (χ0) is 21.3. The maximum Gasteiger partial charge on any atom is 0.289 e. The van der Waals surface area contributed by atoms with Crippen LogP contribution in [0.15, 0.2) is 59.5 Å². The van der Waals surface area contributed by atoms with Gasteiger partial charge in [-0.3, -0.25) is 10.1 Å². The molecule has 0 amide bonds. The number of nitro groups is 1. The number of fused-ring (bicyclic) bond motifs is 2. The predicted molar refractivity (Wildman–Crippen MR) is 110 cm³/mol. The van der Waals surface area contributed by atoms with Crippen LogP contribution in [0.5, 0.6) is 0 Å². The normalized spacial score (nSPS) is 28.4. The third kappa shape index (κ3) is 4.27. The first-order chi connectivity index (χ1) is 14.4. The van der Waals surface area contributed by atoms with Crippen molar-refractivity contribution in [2.24, 2.45) is 0 Å². The monoisotopic (exact) mass is 498 g/mol. The molecule has 160 valence electrons. The van der Waals surface area contributed by atoms with Crippen molar-refractivity contribution in [2.75, 3.05) is 6.61 Å². The van der Waals surface area contributed by atoms with E-state index >= 15 is 0 Å². The van der Waals surface area contributed by atoms with Gasteiger partial charge in [-0.2, -0.15) is 0 Å². The molecule has 2 fully saturated rings. The highest BCUT2D eigenvalue weighted by Gasteiger charge is 2.52. The lowest BCUT2D eigenvalue weighted by Gasteiger charge is -2.38. The summed E-state index contributed by atoms with van der Waals surface area (Å²) in [5, 5.41) is 11.3. The van der Waals surface area contributed by atoms with Gasteiger partial charge in [0.2, 0.25) is 10.0 Å². The van der Waals surface area contributed by atoms with Crippen LogP contribution in [0.25, 0.3) is 0 Å². The van der Waals surface area contributed by atoms with E-state index in [2.05, 4.69) is 20.7 Å². The molecule has 0 saturated carbocycles. The smallest absolute Gasteiger partial charge is 0.289 e. The Morgan fingerprint density at radius 3 is 2.60 bits per heavy atom. The molecule has 0 aromatic heterocycles. The standard InChI is InChI=1S/C19H19BrN2O7S/c20-16-17(21-30(25,26)15-9-5-4-8-13(15)22(23)24)18(14-11-28-19(16)29-14)27-10-12-6-2-1-3-7-12/h1-9,14,16-19,21H,10-11H2/t14-,16-,17-,18-,19-/m1/s1. The van der Waals surface area contributed by atoms with Crippen molar-refractivity contribution in [1.29, 1.82) is 0 Å². The zero-order valence-corrected chi connectivity index (χ0v) is 18.0. The van der Waals surface area contributed by atoms with Crippen molar-refractivity contribution >= 4 is 31.6 Å². The third-order valence-corrected chi connectivity index (χ3v) is 7.49. The Balaban J connectivity index is 1.60. The summed E-state index contributed by atoms with van der Waals surface area (Å²) in [5.74, 6) is 0. The van der Waals surface area contributed by atoms with Crippen LogP contribution in [0.4, 0.5) is 5.69 Å². The Morgan fingerprint density at radius 2 is 1.87 bits per heavy atom. The van der Waals surface area contributed by atoms with Gasteiger partial charge in [0.1, 0.15) is 12.2 Å². The Labute approximate surface area is 181 Å². The number of alkyl halides is 1. The second-order valence-electron chi connectivity index (χ2n) is 6.95. The molecule has 11 heteroatoms. The SMILES string of the molecule is O=[N+]([O-])c1ccccc1S(=O)(=O)N[C@@H]1[C@@H](Br)[C@@H]2OC[C@@H](O2)[C@H]1OCc1ccccc1. The van der Waals surface area contributed by atoms with E-state index in [-0.39, 0.29) is 13.2 Å². The molecule has 9 nitrogen and oxygen atoms in total. The lowest BCUT2D eigenvalue weighted by Crippen LogP contribution is -2.60. The largest absolute Gasteiger partial charge is 0.369 e. The first kappa shape index (κ1) is 21.3. The molecule has 2 bridgehead atoms. The van der Waals surface area contributed by atoms with E-state index in [1.54, 1.807) is 0 Å². The van der Waals surface area contributed by atoms with Crippen molar-refractivity contribution < 1.29 is 27.6 Å². The Morgan fingerprint density at radius 1 is 1.17 bits per heavy atom. The number of nitrogens with one attached hydrogen (secondary N) is 1. The number of benzene rings is 2. The maximum absolute atomic E-state index is 13.1. The summed E-state index contributed by atoms with van der Waals surface area (Å²) in [4.78, 5) is 9.63. The third-order valence-electron chi connectivity index (χ3n) is 4.99. The predicted octanol–water partition coefficient (Wildman–Crippen LogP) is 2.35. The second kappa shape index (κ2) is 8.69. The zero-order valence-electron chi connectivity index (χ0n) is 15.6. The number of rotatable bonds is 7. The van der Waals surface area contributed by atoms with E-state index in [4.69, 9.17) is 14.2 Å². The van der Waals surface area contributed by atoms with Gasteiger partial charge in [-0.25, -0.2) is 13.1 Å². The minimum absolute atomic E-state index is 0.249. The molecule has 2 aromatic carbocycles. The Kier molecular flexibility index (Phi) is 6.19. The molecule has 0 unspecified atom stereocenters. The molecular formula is C19H19BrN2O7S. The molecule has 2 saturated heterocycles. The van der Waals surface area contributed by atoms with Crippen molar-refractivity contribution in [3.05, 3.63) is 70.3 Å². The molecule has 2 heterocycles. The van der Waals surface area contributed by atoms with Crippen LogP contribution in [0.1, 0.15) is 5.56 Å². The number of para-hydroxylation sites is 1. The highest BCUT2D eigenvalue weighted by molar-refractivity contribution is 9.09. The summed E-state index contributed by atoms with van der Waals surface area (Å²) in [7, 11) is -4.22. The van der Waals surface area contributed by atoms with Crippen LogP contribution in [-0.2, 0) is 30.8 Å². The Hall–Kier alpha value is -1.89. The van der Waals surface area contributed by atoms with Crippen molar-refractivity contribution in [1.82, 2.24) is 4.72 Å². The van der Waals surface area contributed by atoms with E-state index in [0.717, 1.165) is 11.6 Å². The average Bonchev–Trinajstić information content (AvgIpc) is 3.19. The van der Waals surface area contributed by atoms with Gasteiger partial charge in [-0.1, -0.05) is 58.4 Å². The Bertz CT molecular complexity index is 1020. The lowest BCUT2D eigenvalue weighted by atomic mass is 10.0. The second-order valence-corrected chi connectivity index (χ2v) is 9.69. The lowest BCUT2D eigenvalue weighted by molar-refractivity contribution is -0.387. The molecule has 1 N–H and O–H groups in total. The summed E-state index contributed by atoms with van der Waals surface area (Å²) in [5.41, 5.74) is 0.425. The van der Waals surface area contributed by atoms with Gasteiger partial charge < -0.3 is 14.2 Å². The van der Waals surface area contributed by atoms with Crippen LogP contribution < -0.4 is 4.72 Å². The van der Waals surface area contributed by atoms with E-state index in [1.165, 1.54) is 18.2 Å². The number of hydrogen-bond donors (Lipinski definition) is 1. The summed E-state index contributed by atoms with van der Waals surface area (Å²) in [6.07, 6.45) is -1.78. The van der Waals surface area contributed by atoms with Crippen LogP contribution in [0, 0.1) is 10.1 Å². The number of halogens is 1. The van der Waals surface area contributed by atoms with Gasteiger partial charge in [-0.05, 0) is 11.6 Å². The van der Waals surface area contributed by atoms with Crippen LogP contribution in [0.2, 0.25) is 0 Å². The number of hydrogen-bond acceptors (Lipinski definition) is 7. The van der Waals surface area contributed by atoms with Gasteiger partial charge in [0.25, 0.3) is 5.69 Å². The fourth-order valence-corrected chi connectivity index (χ4v) is 5.88. The molecule has 4 rings (SSSR count). The van der Waals surface area contributed by atoms with E-state index < -0.39 is 54.9 Å². The first-order valence-corrected chi connectivity index (χ1v) is 11.6. The van der Waals surface area contributed by atoms with Crippen molar-refractivity contribution in [3.63, 3.8) is 0 Å². The van der Waals surface area contributed by atoms with Gasteiger partial charge in [0.05, 0.1) is 29.0 Å². The molecule has 2 aliphatic heterocycles. The number of sulfonamides is 1. The van der Waals surface area contributed by atoms with Gasteiger partial charge in [0.15, 0.2) is 11.2 Å². The molecule has 0 spiro atoms. The quantitative estimate of drug-likeness (QED) is 0.353. The van der Waals surface area contributed by atoms with Gasteiger partial charge >= 0.3 is 0 Å². The molecular weight excluding hydrogens is 480 g/mol. The molecule has 0 aliphatic carbocycles. The van der Waals surface area contributed by atoms with E-state index in [9.17, 15) is 18.5 Å². The van der Waals surface area contributed by atoms with Gasteiger partial charge in [-0.15, -0.1) is 0 Å². The average molecular weight is 499 g/mol. The van der Waals surface area contributed by atoms with Crippen LogP contribution in [0.3, 0.4) is 0 Å². The fourth-order valence-electron chi connectivity index (χ4n) is 3.55. The summed E-state index contributed by atoms with van der Waals surface area (Å²) < 4.78 is 46.1. The first-order valence-electron chi connectivity index (χ1n) is 9.19. The molecule has 30 heavy (non-hydrogen) atoms. The summed E-state index contributed by atoms with van der Waals surface area (Å²) in [6, 6.07) is 13.9. The van der Waals surface area contributed by atoms with E-state index in [1.807, 2.05) is 30.3 Å². The molecule has 0 radical (unpaired) electrons.